The van der Waals surface area contributed by atoms with Crippen LogP contribution in [0.4, 0.5) is 0 Å². The van der Waals surface area contributed by atoms with Gasteiger partial charge in [0.25, 0.3) is 0 Å². The number of aliphatic hydroxyl groups is 3. The topological polar surface area (TPSA) is 201 Å². The Balaban J connectivity index is 1.43. The van der Waals surface area contributed by atoms with E-state index in [1.807, 2.05) is 6.07 Å². The molecule has 0 spiro atoms. The number of carbonyl (C=O) groups excluding carboxylic acids is 3. The van der Waals surface area contributed by atoms with Crippen LogP contribution in [-0.2, 0) is 46.4 Å². The molecule has 1 saturated heterocycles. The molecule has 0 bridgehead atoms. The SMILES string of the molecule is CC(=O)OCc1ccc(CCCCNC(=O)CCCCCN2COCC=CC2=O)cc1O[C@@H]1O[C@H](C(=O)O)[C@@H](O)[C@H](O)[C@H]1O. The van der Waals surface area contributed by atoms with Gasteiger partial charge in [0.05, 0.1) is 6.61 Å². The number of hydrogen-bond acceptors (Lipinski definition) is 11. The third-order valence-corrected chi connectivity index (χ3v) is 7.20. The Morgan fingerprint density at radius 1 is 1.05 bits per heavy atom. The van der Waals surface area contributed by atoms with Gasteiger partial charge in [-0.15, -0.1) is 0 Å². The Morgan fingerprint density at radius 2 is 1.84 bits per heavy atom. The molecule has 5 atom stereocenters. The fourth-order valence-corrected chi connectivity index (χ4v) is 4.70. The van der Waals surface area contributed by atoms with E-state index in [4.69, 9.17) is 18.9 Å². The van der Waals surface area contributed by atoms with E-state index in [1.165, 1.54) is 13.0 Å². The summed E-state index contributed by atoms with van der Waals surface area (Å²) in [6, 6.07) is 5.11. The van der Waals surface area contributed by atoms with E-state index in [9.17, 15) is 39.6 Å². The largest absolute Gasteiger partial charge is 0.479 e. The lowest BCUT2D eigenvalue weighted by molar-refractivity contribution is -0.271. The zero-order chi connectivity index (χ0) is 32.1. The lowest BCUT2D eigenvalue weighted by atomic mass is 9.99. The molecular weight excluding hydrogens is 580 g/mol. The molecule has 0 unspecified atom stereocenters. The fourth-order valence-electron chi connectivity index (χ4n) is 4.70. The number of aliphatic hydroxyl groups excluding tert-OH is 3. The van der Waals surface area contributed by atoms with Crippen LogP contribution in [0.5, 0.6) is 5.75 Å². The third-order valence-electron chi connectivity index (χ3n) is 7.20. The number of aliphatic carboxylic acids is 1. The quantitative estimate of drug-likeness (QED) is 0.126. The number of unbranched alkanes of at least 4 members (excludes halogenated alkanes) is 3. The second-order valence-electron chi connectivity index (χ2n) is 10.7. The number of nitrogens with zero attached hydrogens (tertiary/aromatic N) is 1. The second kappa shape index (κ2) is 17.7. The van der Waals surface area contributed by atoms with Crippen LogP contribution >= 0.6 is 0 Å². The van der Waals surface area contributed by atoms with E-state index in [0.717, 1.165) is 31.2 Å². The van der Waals surface area contributed by atoms with Crippen molar-refractivity contribution < 1.29 is 58.6 Å². The smallest absolute Gasteiger partial charge is 0.335 e. The van der Waals surface area contributed by atoms with Gasteiger partial charge in [-0.1, -0.05) is 24.6 Å². The highest BCUT2D eigenvalue weighted by Crippen LogP contribution is 2.29. The van der Waals surface area contributed by atoms with Crippen molar-refractivity contribution in [2.75, 3.05) is 26.4 Å². The van der Waals surface area contributed by atoms with Gasteiger partial charge in [-0.05, 0) is 43.7 Å². The van der Waals surface area contributed by atoms with Crippen molar-refractivity contribution in [1.82, 2.24) is 10.2 Å². The average Bonchev–Trinajstić information content (AvgIpc) is 3.19. The van der Waals surface area contributed by atoms with Crippen molar-refractivity contribution in [3.05, 3.63) is 41.5 Å². The summed E-state index contributed by atoms with van der Waals surface area (Å²) in [7, 11) is 0. The minimum Gasteiger partial charge on any atom is -0.479 e. The molecule has 2 heterocycles. The summed E-state index contributed by atoms with van der Waals surface area (Å²) in [6.45, 7) is 2.87. The molecule has 14 heteroatoms. The first-order chi connectivity index (χ1) is 21.1. The summed E-state index contributed by atoms with van der Waals surface area (Å²) in [5.74, 6) is -2.01. The Bertz CT molecular complexity index is 1160. The number of amides is 2. The summed E-state index contributed by atoms with van der Waals surface area (Å²) in [5.41, 5.74) is 1.24. The van der Waals surface area contributed by atoms with Crippen LogP contribution in [0, 0.1) is 0 Å². The zero-order valence-corrected chi connectivity index (χ0v) is 24.8. The van der Waals surface area contributed by atoms with E-state index < -0.39 is 42.6 Å². The third kappa shape index (κ3) is 10.9. The van der Waals surface area contributed by atoms with Crippen LogP contribution in [0.1, 0.15) is 56.6 Å². The normalized spacial score (nSPS) is 23.6. The van der Waals surface area contributed by atoms with Gasteiger partial charge in [0.15, 0.2) is 6.10 Å². The van der Waals surface area contributed by atoms with Crippen LogP contribution in [0.15, 0.2) is 30.4 Å². The molecule has 2 aliphatic heterocycles. The molecule has 2 amide bonds. The molecule has 244 valence electrons. The molecule has 0 aromatic heterocycles. The lowest BCUT2D eigenvalue weighted by Gasteiger charge is -2.38. The van der Waals surface area contributed by atoms with E-state index in [0.29, 0.717) is 44.5 Å². The first kappa shape index (κ1) is 34.9. The predicted molar refractivity (Wildman–Crippen MR) is 153 cm³/mol. The van der Waals surface area contributed by atoms with E-state index in [-0.39, 0.29) is 30.9 Å². The minimum atomic E-state index is -1.86. The zero-order valence-electron chi connectivity index (χ0n) is 24.8. The maximum absolute atomic E-state index is 12.2. The Kier molecular flexibility index (Phi) is 14.0. The number of carboxylic acid groups (broad SMARTS) is 1. The summed E-state index contributed by atoms with van der Waals surface area (Å²) in [4.78, 5) is 48.5. The van der Waals surface area contributed by atoms with Crippen LogP contribution < -0.4 is 10.1 Å². The van der Waals surface area contributed by atoms with Gasteiger partial charge in [-0.3, -0.25) is 14.4 Å². The number of nitrogens with one attached hydrogen (secondary N) is 1. The summed E-state index contributed by atoms with van der Waals surface area (Å²) in [6.07, 6.45) is -0.904. The Labute approximate surface area is 255 Å². The van der Waals surface area contributed by atoms with Gasteiger partial charge in [-0.25, -0.2) is 4.79 Å². The average molecular weight is 623 g/mol. The van der Waals surface area contributed by atoms with Crippen LogP contribution in [0.25, 0.3) is 0 Å². The number of hydrogen-bond donors (Lipinski definition) is 5. The first-order valence-corrected chi connectivity index (χ1v) is 14.7. The predicted octanol–water partition coefficient (Wildman–Crippen LogP) is 0.393. The number of esters is 1. The van der Waals surface area contributed by atoms with Crippen LogP contribution in [0.3, 0.4) is 0 Å². The second-order valence-corrected chi connectivity index (χ2v) is 10.7. The lowest BCUT2D eigenvalue weighted by Crippen LogP contribution is -2.61. The number of rotatable bonds is 16. The van der Waals surface area contributed by atoms with Gasteiger partial charge < -0.3 is 49.6 Å². The molecule has 44 heavy (non-hydrogen) atoms. The number of aryl methyl sites for hydroxylation is 1. The molecule has 0 radical (unpaired) electrons. The van der Waals surface area contributed by atoms with E-state index in [1.54, 1.807) is 23.1 Å². The molecular formula is C30H42N2O12. The number of benzene rings is 1. The van der Waals surface area contributed by atoms with Crippen molar-refractivity contribution in [3.63, 3.8) is 0 Å². The van der Waals surface area contributed by atoms with E-state index >= 15 is 0 Å². The minimum absolute atomic E-state index is 0.0364. The van der Waals surface area contributed by atoms with Gasteiger partial charge in [0.2, 0.25) is 18.1 Å². The maximum Gasteiger partial charge on any atom is 0.335 e. The van der Waals surface area contributed by atoms with Crippen molar-refractivity contribution >= 4 is 23.8 Å². The number of ether oxygens (including phenoxy) is 4. The maximum atomic E-state index is 12.2. The van der Waals surface area contributed by atoms with Crippen molar-refractivity contribution in [2.24, 2.45) is 0 Å². The van der Waals surface area contributed by atoms with Crippen molar-refractivity contribution in [2.45, 2.75) is 89.2 Å². The highest BCUT2D eigenvalue weighted by atomic mass is 16.7. The van der Waals surface area contributed by atoms with Gasteiger partial charge in [-0.2, -0.15) is 0 Å². The standard InChI is InChI=1S/C30H42N2O12/c1-19(33)42-17-21-12-11-20(16-22(21)43-30-27(38)25(36)26(37)28(44-30)29(39)40)8-4-5-13-31-23(34)9-3-2-6-14-32-18-41-15-7-10-24(32)35/h7,10-12,16,25-28,30,36-38H,2-6,8-9,13-15,17-18H2,1H3,(H,31,34)(H,39,40)/t25-,26-,27+,28-,30+/m0/s1. The molecule has 0 aliphatic carbocycles. The molecule has 0 saturated carbocycles. The molecule has 1 fully saturated rings. The van der Waals surface area contributed by atoms with Crippen molar-refractivity contribution in [3.8, 4) is 5.75 Å². The monoisotopic (exact) mass is 622 g/mol. The number of carboxylic acids is 1. The Morgan fingerprint density at radius 3 is 2.59 bits per heavy atom. The summed E-state index contributed by atoms with van der Waals surface area (Å²) in [5, 5.41) is 42.6. The van der Waals surface area contributed by atoms with Gasteiger partial charge >= 0.3 is 11.9 Å². The molecule has 3 rings (SSSR count). The Hall–Kier alpha value is -3.56. The number of carbonyl (C=O) groups is 4. The van der Waals surface area contributed by atoms with E-state index in [2.05, 4.69) is 5.32 Å². The molecule has 5 N–H and O–H groups in total. The van der Waals surface area contributed by atoms with Gasteiger partial charge in [0.1, 0.15) is 37.4 Å². The highest BCUT2D eigenvalue weighted by Gasteiger charge is 2.48. The highest BCUT2D eigenvalue weighted by molar-refractivity contribution is 5.87. The summed E-state index contributed by atoms with van der Waals surface area (Å²) < 4.78 is 21.4. The molecule has 1 aromatic rings. The molecule has 14 nitrogen and oxygen atoms in total. The first-order valence-electron chi connectivity index (χ1n) is 14.7. The summed E-state index contributed by atoms with van der Waals surface area (Å²) >= 11 is 0. The fraction of sp³-hybridized carbons (Fsp3) is 0.600. The van der Waals surface area contributed by atoms with Crippen LogP contribution in [0.2, 0.25) is 0 Å². The van der Waals surface area contributed by atoms with Crippen molar-refractivity contribution in [1.29, 1.82) is 0 Å². The van der Waals surface area contributed by atoms with Gasteiger partial charge in [0, 0.05) is 38.1 Å². The van der Waals surface area contributed by atoms with Crippen LogP contribution in [-0.4, -0.2) is 106 Å². The molecule has 1 aromatic carbocycles. The molecule has 2 aliphatic rings.